The molecule has 52 valence electrons. The molecular formula is C3H6NO4P. The first-order chi connectivity index (χ1) is 4.23. The van der Waals surface area contributed by atoms with Crippen LogP contribution in [0.5, 0.6) is 0 Å². The number of hydrogen-bond donors (Lipinski definition) is 2. The highest BCUT2D eigenvalue weighted by molar-refractivity contribution is 7.30. The highest BCUT2D eigenvalue weighted by atomic mass is 31.1. The summed E-state index contributed by atoms with van der Waals surface area (Å²) in [5.41, 5.74) is 0. The Hall–Kier alpha value is -0.640. The lowest BCUT2D eigenvalue weighted by Gasteiger charge is -1.61. The topological polar surface area (TPSA) is 83.6 Å². The van der Waals surface area contributed by atoms with Gasteiger partial charge in [0.25, 0.3) is 0 Å². The fourth-order valence-corrected chi connectivity index (χ4v) is 0.176. The minimum atomic E-state index is -3.13. The monoisotopic (exact) mass is 151 g/mol. The molecule has 0 spiro atoms. The van der Waals surface area contributed by atoms with Gasteiger partial charge >= 0.3 is 8.25 Å². The van der Waals surface area contributed by atoms with E-state index in [4.69, 9.17) is 14.4 Å². The van der Waals surface area contributed by atoms with Crippen molar-refractivity contribution >= 4 is 8.25 Å². The van der Waals surface area contributed by atoms with Crippen molar-refractivity contribution in [2.45, 2.75) is 0 Å². The van der Waals surface area contributed by atoms with Gasteiger partial charge in [-0.15, -0.1) is 0 Å². The molecule has 0 aliphatic rings. The summed E-state index contributed by atoms with van der Waals surface area (Å²) in [5.74, 6) is 0. The summed E-state index contributed by atoms with van der Waals surface area (Å²) in [6, 6.07) is 0. The van der Waals surface area contributed by atoms with Crippen LogP contribution in [0.2, 0.25) is 0 Å². The smallest absolute Gasteiger partial charge is 0.314 e. The van der Waals surface area contributed by atoms with E-state index in [1.165, 1.54) is 12.7 Å². The Labute approximate surface area is 51.9 Å². The largest absolute Gasteiger partial charge is 0.452 e. The summed E-state index contributed by atoms with van der Waals surface area (Å²) < 4.78 is 13.2. The Morgan fingerprint density at radius 3 is 2.22 bits per heavy atom. The SMILES string of the molecule is O=[PH](O)O.c1cocn1. The van der Waals surface area contributed by atoms with E-state index < -0.39 is 8.25 Å². The average Bonchev–Trinajstić information content (AvgIpc) is 2.11. The fraction of sp³-hybridized carbons (Fsp3) is 0. The molecular weight excluding hydrogens is 145 g/mol. The number of nitrogens with zero attached hydrogens (tertiary/aromatic N) is 1. The second-order valence-electron chi connectivity index (χ2n) is 0.958. The highest BCUT2D eigenvalue weighted by Crippen LogP contribution is 1.98. The Morgan fingerprint density at radius 1 is 1.56 bits per heavy atom. The molecule has 0 aliphatic carbocycles. The van der Waals surface area contributed by atoms with Gasteiger partial charge in [-0.2, -0.15) is 0 Å². The molecule has 5 nitrogen and oxygen atoms in total. The van der Waals surface area contributed by atoms with Crippen molar-refractivity contribution in [2.24, 2.45) is 0 Å². The third kappa shape index (κ3) is 11.1. The molecule has 1 aromatic rings. The van der Waals surface area contributed by atoms with Crippen LogP contribution in [0.1, 0.15) is 0 Å². The zero-order valence-corrected chi connectivity index (χ0v) is 5.39. The van der Waals surface area contributed by atoms with Crippen molar-refractivity contribution in [1.82, 2.24) is 4.98 Å². The van der Waals surface area contributed by atoms with Crippen LogP contribution in [0.25, 0.3) is 0 Å². The van der Waals surface area contributed by atoms with Crippen molar-refractivity contribution in [3.8, 4) is 0 Å². The fourth-order valence-electron chi connectivity index (χ4n) is 0.176. The van der Waals surface area contributed by atoms with Gasteiger partial charge in [-0.25, -0.2) is 4.98 Å². The first-order valence-corrected chi connectivity index (χ1v) is 3.28. The van der Waals surface area contributed by atoms with Gasteiger partial charge in [0.2, 0.25) is 0 Å². The number of rotatable bonds is 0. The van der Waals surface area contributed by atoms with E-state index in [0.717, 1.165) is 0 Å². The zero-order valence-electron chi connectivity index (χ0n) is 4.39. The Kier molecular flexibility index (Phi) is 5.11. The molecule has 1 aromatic heterocycles. The van der Waals surface area contributed by atoms with Gasteiger partial charge in [0.1, 0.15) is 6.26 Å². The summed E-state index contributed by atoms with van der Waals surface area (Å²) >= 11 is 0. The van der Waals surface area contributed by atoms with Crippen LogP contribution < -0.4 is 0 Å². The van der Waals surface area contributed by atoms with E-state index in [2.05, 4.69) is 9.40 Å². The standard InChI is InChI=1S/C3H3NO.H3O3P/c1-2-5-3-4-1;1-4(2)3/h1-3H;4H,(H2,1,2,3). The maximum absolute atomic E-state index is 8.74. The molecule has 1 heterocycles. The summed E-state index contributed by atoms with van der Waals surface area (Å²) in [6.07, 6.45) is 4.47. The average molecular weight is 151 g/mol. The van der Waals surface area contributed by atoms with Gasteiger partial charge in [0.05, 0.1) is 6.20 Å². The molecule has 0 saturated carbocycles. The third-order valence-corrected chi connectivity index (χ3v) is 0.347. The Morgan fingerprint density at radius 2 is 2.11 bits per heavy atom. The Balaban J connectivity index is 0.000000148. The number of oxazole rings is 1. The minimum absolute atomic E-state index is 1.38. The van der Waals surface area contributed by atoms with Crippen LogP contribution in [0.3, 0.4) is 0 Å². The van der Waals surface area contributed by atoms with Crippen molar-refractivity contribution in [2.75, 3.05) is 0 Å². The maximum atomic E-state index is 8.74. The van der Waals surface area contributed by atoms with Gasteiger partial charge in [-0.1, -0.05) is 0 Å². The molecule has 0 radical (unpaired) electrons. The van der Waals surface area contributed by atoms with Crippen LogP contribution in [0.15, 0.2) is 23.3 Å². The summed E-state index contributed by atoms with van der Waals surface area (Å²) in [5, 5.41) is 0. The van der Waals surface area contributed by atoms with Crippen molar-refractivity contribution in [3.05, 3.63) is 18.9 Å². The van der Waals surface area contributed by atoms with Crippen molar-refractivity contribution < 1.29 is 18.8 Å². The van der Waals surface area contributed by atoms with Crippen molar-refractivity contribution in [3.63, 3.8) is 0 Å². The Bertz CT molecular complexity index is 130. The van der Waals surface area contributed by atoms with E-state index in [0.29, 0.717) is 0 Å². The predicted molar refractivity (Wildman–Crippen MR) is 29.9 cm³/mol. The molecule has 0 saturated heterocycles. The highest BCUT2D eigenvalue weighted by Gasteiger charge is 1.61. The molecule has 0 bridgehead atoms. The van der Waals surface area contributed by atoms with E-state index in [1.54, 1.807) is 6.20 Å². The predicted octanol–water partition coefficient (Wildman–Crippen LogP) is 0.0353. The van der Waals surface area contributed by atoms with Gasteiger partial charge in [0, 0.05) is 0 Å². The molecule has 9 heavy (non-hydrogen) atoms. The second kappa shape index (κ2) is 5.50. The van der Waals surface area contributed by atoms with Crippen LogP contribution in [-0.4, -0.2) is 14.8 Å². The van der Waals surface area contributed by atoms with E-state index in [1.807, 2.05) is 0 Å². The van der Waals surface area contributed by atoms with Crippen LogP contribution in [0, 0.1) is 0 Å². The van der Waals surface area contributed by atoms with Gasteiger partial charge in [-0.3, -0.25) is 4.57 Å². The normalized spacial score (nSPS) is 8.33. The van der Waals surface area contributed by atoms with E-state index in [9.17, 15) is 0 Å². The number of aromatic nitrogens is 1. The number of hydrogen-bond acceptors (Lipinski definition) is 3. The minimum Gasteiger partial charge on any atom is -0.452 e. The molecule has 6 heteroatoms. The molecule has 0 fully saturated rings. The first-order valence-electron chi connectivity index (χ1n) is 1.97. The quantitative estimate of drug-likeness (QED) is 0.511. The summed E-state index contributed by atoms with van der Waals surface area (Å²) in [7, 11) is -3.13. The molecule has 0 unspecified atom stereocenters. The molecule has 0 aliphatic heterocycles. The lowest BCUT2D eigenvalue weighted by molar-refractivity contribution is 0.405. The third-order valence-electron chi connectivity index (χ3n) is 0.347. The van der Waals surface area contributed by atoms with Crippen LogP contribution in [-0.2, 0) is 4.57 Å². The molecule has 2 N–H and O–H groups in total. The first kappa shape index (κ1) is 8.36. The van der Waals surface area contributed by atoms with Crippen LogP contribution >= 0.6 is 8.25 Å². The van der Waals surface area contributed by atoms with Gasteiger partial charge in [0.15, 0.2) is 6.39 Å². The summed E-state index contributed by atoms with van der Waals surface area (Å²) in [4.78, 5) is 17.9. The maximum Gasteiger partial charge on any atom is 0.314 e. The van der Waals surface area contributed by atoms with Crippen molar-refractivity contribution in [1.29, 1.82) is 0 Å². The zero-order chi connectivity index (χ0) is 7.11. The van der Waals surface area contributed by atoms with Gasteiger partial charge < -0.3 is 14.2 Å². The molecule has 0 aromatic carbocycles. The van der Waals surface area contributed by atoms with Crippen LogP contribution in [0.4, 0.5) is 0 Å². The molecule has 0 atom stereocenters. The lowest BCUT2D eigenvalue weighted by atomic mass is 11.0. The van der Waals surface area contributed by atoms with Gasteiger partial charge in [-0.05, 0) is 0 Å². The molecule has 0 amide bonds. The summed E-state index contributed by atoms with van der Waals surface area (Å²) in [6.45, 7) is 0. The van der Waals surface area contributed by atoms with E-state index in [-0.39, 0.29) is 0 Å². The lowest BCUT2D eigenvalue weighted by Crippen LogP contribution is -1.38. The molecule has 1 rings (SSSR count). The van der Waals surface area contributed by atoms with E-state index >= 15 is 0 Å². The second-order valence-corrected chi connectivity index (χ2v) is 1.52.